The van der Waals surface area contributed by atoms with Gasteiger partial charge in [-0.1, -0.05) is 0 Å². The molecular formula is C9H13ClFNO2. The molecule has 3 N–H and O–H groups in total. The molecule has 0 radical (unpaired) electrons. The summed E-state index contributed by atoms with van der Waals surface area (Å²) in [5.41, 5.74) is 5.80. The van der Waals surface area contributed by atoms with Crippen LogP contribution in [-0.2, 0) is 0 Å². The van der Waals surface area contributed by atoms with Gasteiger partial charge in [0.1, 0.15) is 18.2 Å². The molecule has 1 rings (SSSR count). The Hall–Kier alpha value is -1.00. The van der Waals surface area contributed by atoms with E-state index in [9.17, 15) is 9.50 Å². The van der Waals surface area contributed by atoms with Gasteiger partial charge in [-0.3, -0.25) is 0 Å². The van der Waals surface area contributed by atoms with Crippen molar-refractivity contribution in [3.63, 3.8) is 0 Å². The molecule has 0 saturated heterocycles. The Bertz CT molecular complexity index is 296. The number of alkyl halides is 1. The molecule has 0 aromatic heterocycles. The van der Waals surface area contributed by atoms with E-state index in [4.69, 9.17) is 10.5 Å². The second-order valence-electron chi connectivity index (χ2n) is 2.69. The molecule has 0 saturated carbocycles. The molecule has 0 aliphatic heterocycles. The van der Waals surface area contributed by atoms with Crippen LogP contribution in [0.2, 0.25) is 0 Å². The van der Waals surface area contributed by atoms with Gasteiger partial charge < -0.3 is 15.6 Å². The third kappa shape index (κ3) is 2.75. The van der Waals surface area contributed by atoms with Crippen molar-refractivity contribution in [2.24, 2.45) is 5.73 Å². The SMILES string of the molecule is COc1ccc([C@H](N)CF)c(O)c1.Cl. The lowest BCUT2D eigenvalue weighted by atomic mass is 10.1. The predicted molar refractivity (Wildman–Crippen MR) is 54.8 cm³/mol. The Labute approximate surface area is 88.1 Å². The summed E-state index contributed by atoms with van der Waals surface area (Å²) in [4.78, 5) is 0. The number of methoxy groups -OCH3 is 1. The van der Waals surface area contributed by atoms with Crippen molar-refractivity contribution in [3.05, 3.63) is 23.8 Å². The summed E-state index contributed by atoms with van der Waals surface area (Å²) in [6.45, 7) is -0.695. The average molecular weight is 222 g/mol. The predicted octanol–water partition coefficient (Wildman–Crippen LogP) is 1.79. The number of phenols is 1. The van der Waals surface area contributed by atoms with Crippen LogP contribution in [0.15, 0.2) is 18.2 Å². The highest BCUT2D eigenvalue weighted by Crippen LogP contribution is 2.27. The fourth-order valence-corrected chi connectivity index (χ4v) is 1.05. The molecular weight excluding hydrogens is 209 g/mol. The smallest absolute Gasteiger partial charge is 0.124 e. The summed E-state index contributed by atoms with van der Waals surface area (Å²) in [6, 6.07) is 3.82. The minimum absolute atomic E-state index is 0. The molecule has 1 aromatic carbocycles. The molecule has 80 valence electrons. The molecule has 1 atom stereocenters. The van der Waals surface area contributed by atoms with Crippen molar-refractivity contribution in [1.29, 1.82) is 0 Å². The highest BCUT2D eigenvalue weighted by molar-refractivity contribution is 5.85. The van der Waals surface area contributed by atoms with E-state index in [1.54, 1.807) is 12.1 Å². The number of nitrogens with two attached hydrogens (primary N) is 1. The van der Waals surface area contributed by atoms with Crippen molar-refractivity contribution in [1.82, 2.24) is 0 Å². The van der Waals surface area contributed by atoms with Crippen molar-refractivity contribution in [3.8, 4) is 11.5 Å². The van der Waals surface area contributed by atoms with Crippen LogP contribution in [0, 0.1) is 0 Å². The molecule has 0 unspecified atom stereocenters. The Balaban J connectivity index is 0.00000169. The molecule has 0 spiro atoms. The second-order valence-corrected chi connectivity index (χ2v) is 2.69. The molecule has 1 aromatic rings. The standard InChI is InChI=1S/C9H12FNO2.ClH/c1-13-6-2-3-7(8(11)5-10)9(12)4-6;/h2-4,8,12H,5,11H2,1H3;1H/t8-;/m1./s1. The van der Waals surface area contributed by atoms with Crippen LogP contribution in [0.5, 0.6) is 11.5 Å². The topological polar surface area (TPSA) is 55.5 Å². The summed E-state index contributed by atoms with van der Waals surface area (Å²) in [5, 5.41) is 9.40. The third-order valence-corrected chi connectivity index (χ3v) is 1.80. The number of ether oxygens (including phenoxy) is 1. The lowest BCUT2D eigenvalue weighted by molar-refractivity contribution is 0.397. The van der Waals surface area contributed by atoms with E-state index >= 15 is 0 Å². The van der Waals surface area contributed by atoms with Crippen molar-refractivity contribution < 1.29 is 14.2 Å². The second kappa shape index (κ2) is 5.67. The average Bonchev–Trinajstić information content (AvgIpc) is 2.16. The summed E-state index contributed by atoms with van der Waals surface area (Å²) in [6.07, 6.45) is 0. The van der Waals surface area contributed by atoms with Crippen molar-refractivity contribution in [2.45, 2.75) is 6.04 Å². The Morgan fingerprint density at radius 2 is 2.21 bits per heavy atom. The minimum Gasteiger partial charge on any atom is -0.507 e. The molecule has 0 amide bonds. The molecule has 14 heavy (non-hydrogen) atoms. The largest absolute Gasteiger partial charge is 0.507 e. The van der Waals surface area contributed by atoms with Crippen LogP contribution in [-0.4, -0.2) is 18.9 Å². The van der Waals surface area contributed by atoms with Crippen LogP contribution in [0.25, 0.3) is 0 Å². The van der Waals surface area contributed by atoms with Crippen molar-refractivity contribution in [2.75, 3.05) is 13.8 Å². The highest BCUT2D eigenvalue weighted by atomic mass is 35.5. The Kier molecular flexibility index (Phi) is 5.27. The zero-order valence-electron chi connectivity index (χ0n) is 7.74. The number of rotatable bonds is 3. The maximum atomic E-state index is 12.2. The van der Waals surface area contributed by atoms with Crippen LogP contribution in [0.4, 0.5) is 4.39 Å². The Morgan fingerprint density at radius 1 is 1.57 bits per heavy atom. The molecule has 3 nitrogen and oxygen atoms in total. The van der Waals surface area contributed by atoms with E-state index in [-0.39, 0.29) is 18.2 Å². The maximum absolute atomic E-state index is 12.2. The van der Waals surface area contributed by atoms with Gasteiger partial charge in [-0.25, -0.2) is 4.39 Å². The molecule has 0 aliphatic carbocycles. The number of phenolic OH excluding ortho intramolecular Hbond substituents is 1. The van der Waals surface area contributed by atoms with Gasteiger partial charge in [0.15, 0.2) is 0 Å². The fraction of sp³-hybridized carbons (Fsp3) is 0.333. The first kappa shape index (κ1) is 13.0. The van der Waals surface area contributed by atoms with Crippen LogP contribution in [0.3, 0.4) is 0 Å². The van der Waals surface area contributed by atoms with Gasteiger partial charge >= 0.3 is 0 Å². The van der Waals surface area contributed by atoms with Crippen LogP contribution >= 0.6 is 12.4 Å². The number of hydrogen-bond donors (Lipinski definition) is 2. The van der Waals surface area contributed by atoms with Gasteiger partial charge in [0, 0.05) is 11.6 Å². The first-order chi connectivity index (χ1) is 6.19. The fourth-order valence-electron chi connectivity index (χ4n) is 1.05. The number of halogens is 2. The zero-order valence-corrected chi connectivity index (χ0v) is 8.55. The van der Waals surface area contributed by atoms with Gasteiger partial charge in [-0.05, 0) is 12.1 Å². The summed E-state index contributed by atoms with van der Waals surface area (Å²) in [7, 11) is 1.49. The zero-order chi connectivity index (χ0) is 9.84. The van der Waals surface area contributed by atoms with Gasteiger partial charge in [-0.2, -0.15) is 0 Å². The summed E-state index contributed by atoms with van der Waals surface area (Å²) in [5.74, 6) is 0.483. The van der Waals surface area contributed by atoms with Crippen LogP contribution < -0.4 is 10.5 Å². The monoisotopic (exact) mass is 221 g/mol. The number of benzene rings is 1. The summed E-state index contributed by atoms with van der Waals surface area (Å²) >= 11 is 0. The lowest BCUT2D eigenvalue weighted by Crippen LogP contribution is -2.12. The molecule has 5 heteroatoms. The van der Waals surface area contributed by atoms with Gasteiger partial charge in [0.05, 0.1) is 13.2 Å². The van der Waals surface area contributed by atoms with E-state index in [0.29, 0.717) is 11.3 Å². The quantitative estimate of drug-likeness (QED) is 0.818. The van der Waals surface area contributed by atoms with Gasteiger partial charge in [0.2, 0.25) is 0 Å². The first-order valence-electron chi connectivity index (χ1n) is 3.87. The summed E-state index contributed by atoms with van der Waals surface area (Å²) < 4.78 is 17.0. The van der Waals surface area contributed by atoms with Crippen molar-refractivity contribution >= 4 is 12.4 Å². The van der Waals surface area contributed by atoms with E-state index in [1.165, 1.54) is 13.2 Å². The molecule has 0 heterocycles. The van der Waals surface area contributed by atoms with E-state index in [1.807, 2.05) is 0 Å². The van der Waals surface area contributed by atoms with Gasteiger partial charge in [0.25, 0.3) is 0 Å². The maximum Gasteiger partial charge on any atom is 0.124 e. The van der Waals surface area contributed by atoms with Gasteiger partial charge in [-0.15, -0.1) is 12.4 Å². The van der Waals surface area contributed by atoms with E-state index in [0.717, 1.165) is 0 Å². The highest BCUT2D eigenvalue weighted by Gasteiger charge is 2.10. The first-order valence-corrected chi connectivity index (χ1v) is 3.87. The molecule has 0 bridgehead atoms. The number of hydrogen-bond acceptors (Lipinski definition) is 3. The third-order valence-electron chi connectivity index (χ3n) is 1.80. The van der Waals surface area contributed by atoms with E-state index in [2.05, 4.69) is 0 Å². The molecule has 0 aliphatic rings. The lowest BCUT2D eigenvalue weighted by Gasteiger charge is -2.10. The minimum atomic E-state index is -0.772. The van der Waals surface area contributed by atoms with Crippen LogP contribution in [0.1, 0.15) is 11.6 Å². The molecule has 0 fully saturated rings. The Morgan fingerprint density at radius 3 is 2.64 bits per heavy atom. The number of aromatic hydroxyl groups is 1. The van der Waals surface area contributed by atoms with E-state index < -0.39 is 12.7 Å². The normalized spacial score (nSPS) is 11.6.